The Bertz CT molecular complexity index is 845. The van der Waals surface area contributed by atoms with Crippen LogP contribution in [0, 0.1) is 6.92 Å². The minimum absolute atomic E-state index is 0.0751. The number of carbonyl (C=O) groups excluding carboxylic acids is 1. The van der Waals surface area contributed by atoms with Crippen molar-refractivity contribution < 1.29 is 9.53 Å². The summed E-state index contributed by atoms with van der Waals surface area (Å²) >= 11 is 1.38. The van der Waals surface area contributed by atoms with Gasteiger partial charge in [0.25, 0.3) is 0 Å². The van der Waals surface area contributed by atoms with Crippen LogP contribution in [0.4, 0.5) is 0 Å². The Morgan fingerprint density at radius 1 is 1.08 bits per heavy atom. The molecule has 2 aromatic carbocycles. The second kappa shape index (κ2) is 7.98. The highest BCUT2D eigenvalue weighted by Crippen LogP contribution is 2.19. The number of aryl methyl sites for hydroxylation is 1. The van der Waals surface area contributed by atoms with Gasteiger partial charge in [-0.2, -0.15) is 0 Å². The molecule has 1 aromatic heterocycles. The first kappa shape index (κ1) is 17.2. The Balaban J connectivity index is 1.57. The fourth-order valence-electron chi connectivity index (χ4n) is 2.22. The summed E-state index contributed by atoms with van der Waals surface area (Å²) < 4.78 is 7.59. The van der Waals surface area contributed by atoms with Gasteiger partial charge in [-0.3, -0.25) is 4.79 Å². The number of rotatable bonds is 7. The summed E-state index contributed by atoms with van der Waals surface area (Å²) in [6.07, 6.45) is 0. The average Bonchev–Trinajstić information content (AvgIpc) is 3.00. The third-order valence-corrected chi connectivity index (χ3v) is 4.76. The summed E-state index contributed by atoms with van der Waals surface area (Å²) in [4.78, 5) is 12.2. The third-order valence-electron chi connectivity index (χ3n) is 3.74. The second-order valence-corrected chi connectivity index (χ2v) is 6.58. The molecule has 0 amide bonds. The van der Waals surface area contributed by atoms with Crippen molar-refractivity contribution in [1.82, 2.24) is 14.8 Å². The first-order chi connectivity index (χ1) is 12.1. The van der Waals surface area contributed by atoms with Crippen molar-refractivity contribution in [2.24, 2.45) is 7.05 Å². The summed E-state index contributed by atoms with van der Waals surface area (Å²) in [5.41, 5.74) is 1.90. The van der Waals surface area contributed by atoms with E-state index in [0.717, 1.165) is 11.6 Å². The number of nitrogens with zero attached hydrogens (tertiary/aromatic N) is 3. The van der Waals surface area contributed by atoms with Crippen LogP contribution in [-0.4, -0.2) is 26.3 Å². The van der Waals surface area contributed by atoms with Gasteiger partial charge in [-0.15, -0.1) is 10.2 Å². The fraction of sp³-hybridized carbons (Fsp3) is 0.211. The molecule has 0 aliphatic heterocycles. The number of ketones is 1. The molecule has 25 heavy (non-hydrogen) atoms. The molecule has 0 N–H and O–H groups in total. The van der Waals surface area contributed by atoms with Gasteiger partial charge < -0.3 is 9.30 Å². The van der Waals surface area contributed by atoms with Gasteiger partial charge in [0.05, 0.1) is 5.75 Å². The van der Waals surface area contributed by atoms with E-state index < -0.39 is 0 Å². The Hall–Kier alpha value is -2.60. The van der Waals surface area contributed by atoms with E-state index in [1.807, 2.05) is 73.1 Å². The lowest BCUT2D eigenvalue weighted by molar-refractivity contribution is 0.102. The molecular weight excluding hydrogens is 334 g/mol. The van der Waals surface area contributed by atoms with E-state index in [-0.39, 0.29) is 5.78 Å². The van der Waals surface area contributed by atoms with Crippen LogP contribution in [0.25, 0.3) is 0 Å². The first-order valence-corrected chi connectivity index (χ1v) is 8.91. The Kier molecular flexibility index (Phi) is 5.50. The zero-order chi connectivity index (χ0) is 17.6. The summed E-state index contributed by atoms with van der Waals surface area (Å²) in [6.45, 7) is 2.37. The van der Waals surface area contributed by atoms with Gasteiger partial charge in [0, 0.05) is 12.6 Å². The van der Waals surface area contributed by atoms with E-state index in [1.165, 1.54) is 17.3 Å². The molecular formula is C19H19N3O2S. The molecule has 0 aliphatic carbocycles. The summed E-state index contributed by atoms with van der Waals surface area (Å²) in [5, 5.41) is 9.01. The number of aromatic nitrogens is 3. The van der Waals surface area contributed by atoms with Gasteiger partial charge in [0.2, 0.25) is 0 Å². The van der Waals surface area contributed by atoms with Crippen LogP contribution in [0.15, 0.2) is 59.8 Å². The molecule has 0 spiro atoms. The molecule has 0 unspecified atom stereocenters. The lowest BCUT2D eigenvalue weighted by Crippen LogP contribution is -2.06. The highest BCUT2D eigenvalue weighted by molar-refractivity contribution is 7.99. The minimum Gasteiger partial charge on any atom is -0.486 e. The molecule has 0 fully saturated rings. The van der Waals surface area contributed by atoms with Crippen molar-refractivity contribution in [3.8, 4) is 5.75 Å². The monoisotopic (exact) mass is 353 g/mol. The van der Waals surface area contributed by atoms with Crippen molar-refractivity contribution in [3.05, 3.63) is 71.5 Å². The Labute approximate surface area is 151 Å². The smallest absolute Gasteiger partial charge is 0.191 e. The van der Waals surface area contributed by atoms with Crippen molar-refractivity contribution in [2.45, 2.75) is 18.7 Å². The molecule has 3 aromatic rings. The zero-order valence-corrected chi connectivity index (χ0v) is 15.0. The molecule has 3 rings (SSSR count). The maximum atomic E-state index is 12.2. The SMILES string of the molecule is Cc1ccc(OCc2nnc(SCC(=O)c3ccccc3)n2C)cc1. The normalized spacial score (nSPS) is 10.6. The number of Topliss-reactive ketones (excluding diaryl/α,β-unsaturated/α-hetero) is 1. The van der Waals surface area contributed by atoms with Crippen LogP contribution in [0.5, 0.6) is 5.75 Å². The van der Waals surface area contributed by atoms with Gasteiger partial charge in [-0.05, 0) is 19.1 Å². The largest absolute Gasteiger partial charge is 0.486 e. The molecule has 0 radical (unpaired) electrons. The van der Waals surface area contributed by atoms with Gasteiger partial charge in [0.15, 0.2) is 16.8 Å². The van der Waals surface area contributed by atoms with Crippen molar-refractivity contribution in [1.29, 1.82) is 0 Å². The standard InChI is InChI=1S/C19H19N3O2S/c1-14-8-10-16(11-9-14)24-12-18-20-21-19(22(18)2)25-13-17(23)15-6-4-3-5-7-15/h3-11H,12-13H2,1-2H3. The molecule has 0 bridgehead atoms. The average molecular weight is 353 g/mol. The molecule has 0 saturated carbocycles. The molecule has 6 heteroatoms. The molecule has 1 heterocycles. The van der Waals surface area contributed by atoms with E-state index in [9.17, 15) is 4.79 Å². The van der Waals surface area contributed by atoms with Crippen LogP contribution in [0.2, 0.25) is 0 Å². The predicted octanol–water partition coefficient (Wildman–Crippen LogP) is 3.68. The van der Waals surface area contributed by atoms with Gasteiger partial charge in [0.1, 0.15) is 12.4 Å². The number of hydrogen-bond donors (Lipinski definition) is 0. The Morgan fingerprint density at radius 2 is 1.80 bits per heavy atom. The van der Waals surface area contributed by atoms with E-state index in [4.69, 9.17) is 4.74 Å². The van der Waals surface area contributed by atoms with E-state index in [2.05, 4.69) is 10.2 Å². The minimum atomic E-state index is 0.0751. The summed E-state index contributed by atoms with van der Waals surface area (Å²) in [6, 6.07) is 17.1. The third kappa shape index (κ3) is 4.48. The number of carbonyl (C=O) groups is 1. The van der Waals surface area contributed by atoms with E-state index >= 15 is 0 Å². The van der Waals surface area contributed by atoms with Gasteiger partial charge in [-0.25, -0.2) is 0 Å². The number of ether oxygens (including phenoxy) is 1. The lowest BCUT2D eigenvalue weighted by atomic mass is 10.2. The summed E-state index contributed by atoms with van der Waals surface area (Å²) in [7, 11) is 1.88. The van der Waals surface area contributed by atoms with Gasteiger partial charge in [-0.1, -0.05) is 59.8 Å². The van der Waals surface area contributed by atoms with Crippen molar-refractivity contribution in [3.63, 3.8) is 0 Å². The van der Waals surface area contributed by atoms with E-state index in [0.29, 0.717) is 23.1 Å². The summed E-state index contributed by atoms with van der Waals surface area (Å²) in [5.74, 6) is 1.91. The number of hydrogen-bond acceptors (Lipinski definition) is 5. The molecule has 128 valence electrons. The van der Waals surface area contributed by atoms with Crippen LogP contribution in [0.1, 0.15) is 21.7 Å². The fourth-order valence-corrected chi connectivity index (χ4v) is 3.04. The van der Waals surface area contributed by atoms with Gasteiger partial charge >= 0.3 is 0 Å². The van der Waals surface area contributed by atoms with Crippen molar-refractivity contribution in [2.75, 3.05) is 5.75 Å². The van der Waals surface area contributed by atoms with Crippen LogP contribution in [0.3, 0.4) is 0 Å². The van der Waals surface area contributed by atoms with Crippen LogP contribution >= 0.6 is 11.8 Å². The zero-order valence-electron chi connectivity index (χ0n) is 14.2. The maximum absolute atomic E-state index is 12.2. The lowest BCUT2D eigenvalue weighted by Gasteiger charge is -2.07. The molecule has 0 atom stereocenters. The maximum Gasteiger partial charge on any atom is 0.191 e. The van der Waals surface area contributed by atoms with Crippen LogP contribution < -0.4 is 4.74 Å². The first-order valence-electron chi connectivity index (χ1n) is 7.92. The topological polar surface area (TPSA) is 57.0 Å². The van der Waals surface area contributed by atoms with Crippen molar-refractivity contribution >= 4 is 17.5 Å². The van der Waals surface area contributed by atoms with E-state index in [1.54, 1.807) is 0 Å². The predicted molar refractivity (Wildman–Crippen MR) is 98.0 cm³/mol. The molecule has 5 nitrogen and oxygen atoms in total. The highest BCUT2D eigenvalue weighted by atomic mass is 32.2. The van der Waals surface area contributed by atoms with Crippen LogP contribution in [-0.2, 0) is 13.7 Å². The quantitative estimate of drug-likeness (QED) is 0.479. The number of thioether (sulfide) groups is 1. The molecule has 0 saturated heterocycles. The number of benzene rings is 2. The second-order valence-electron chi connectivity index (χ2n) is 5.64. The highest BCUT2D eigenvalue weighted by Gasteiger charge is 2.13. The Morgan fingerprint density at radius 3 is 2.52 bits per heavy atom. The molecule has 0 aliphatic rings.